The van der Waals surface area contributed by atoms with Crippen LogP contribution in [-0.4, -0.2) is 64.5 Å². The van der Waals surface area contributed by atoms with Crippen LogP contribution >= 0.6 is 23.5 Å². The molecule has 1 aromatic carbocycles. The molecule has 0 unspecified atom stereocenters. The third-order valence-corrected chi connectivity index (χ3v) is 5.80. The minimum absolute atomic E-state index is 0.0220. The zero-order valence-corrected chi connectivity index (χ0v) is 18.8. The highest BCUT2D eigenvalue weighted by Gasteiger charge is 2.13. The first-order chi connectivity index (χ1) is 14.7. The van der Waals surface area contributed by atoms with E-state index in [9.17, 15) is 4.79 Å². The van der Waals surface area contributed by atoms with Crippen LogP contribution in [0.15, 0.2) is 41.7 Å². The number of fused-ring (bicyclic) bond motifs is 1. The number of benzene rings is 1. The quantitative estimate of drug-likeness (QED) is 0.249. The van der Waals surface area contributed by atoms with Crippen molar-refractivity contribution >= 4 is 46.3 Å². The van der Waals surface area contributed by atoms with Gasteiger partial charge in [-0.05, 0) is 11.8 Å². The van der Waals surface area contributed by atoms with E-state index in [1.807, 2.05) is 24.5 Å². The molecule has 0 radical (unpaired) electrons. The number of hydrogen-bond donors (Lipinski definition) is 2. The van der Waals surface area contributed by atoms with Gasteiger partial charge in [-0.3, -0.25) is 4.79 Å². The van der Waals surface area contributed by atoms with E-state index in [2.05, 4.69) is 37.8 Å². The van der Waals surface area contributed by atoms with Crippen molar-refractivity contribution in [2.75, 3.05) is 44.1 Å². The van der Waals surface area contributed by atoms with Crippen LogP contribution in [0.4, 0.5) is 5.82 Å². The smallest absolute Gasteiger partial charge is 0.230 e. The molecular formula is C20H26N6O2S2. The monoisotopic (exact) mass is 446 g/mol. The normalized spacial score (nSPS) is 11.0. The third-order valence-electron chi connectivity index (χ3n) is 4.25. The van der Waals surface area contributed by atoms with Gasteiger partial charge in [0.15, 0.2) is 10.8 Å². The fourth-order valence-electron chi connectivity index (χ4n) is 2.78. The van der Waals surface area contributed by atoms with Crippen LogP contribution in [0.2, 0.25) is 0 Å². The molecule has 3 rings (SSSR count). The maximum atomic E-state index is 12.1. The van der Waals surface area contributed by atoms with Crippen molar-refractivity contribution in [3.8, 4) is 0 Å². The topological polar surface area (TPSA) is 94.0 Å². The number of methoxy groups -OCH3 is 1. The molecule has 2 heterocycles. The molecule has 0 atom stereocenters. The van der Waals surface area contributed by atoms with E-state index < -0.39 is 0 Å². The average Bonchev–Trinajstić information content (AvgIpc) is 3.17. The average molecular weight is 447 g/mol. The molecule has 0 fully saturated rings. The summed E-state index contributed by atoms with van der Waals surface area (Å²) in [6.07, 6.45) is 3.69. The summed E-state index contributed by atoms with van der Waals surface area (Å²) in [7, 11) is 1.66. The third kappa shape index (κ3) is 6.35. The fourth-order valence-corrected chi connectivity index (χ4v) is 3.96. The van der Waals surface area contributed by atoms with Crippen molar-refractivity contribution in [2.24, 2.45) is 0 Å². The Kier molecular flexibility index (Phi) is 8.79. The van der Waals surface area contributed by atoms with E-state index in [-0.39, 0.29) is 5.91 Å². The Balaban J connectivity index is 1.52. The summed E-state index contributed by atoms with van der Waals surface area (Å²) in [5.41, 5.74) is 1.97. The maximum Gasteiger partial charge on any atom is 0.230 e. The Morgan fingerprint density at radius 1 is 1.20 bits per heavy atom. The minimum atomic E-state index is 0.0220. The van der Waals surface area contributed by atoms with Gasteiger partial charge in [-0.15, -0.1) is 11.8 Å². The number of ether oxygens (including phenoxy) is 1. The number of carbonyl (C=O) groups excluding carboxylic acids is 1. The zero-order valence-electron chi connectivity index (χ0n) is 17.1. The van der Waals surface area contributed by atoms with Crippen molar-refractivity contribution in [3.05, 3.63) is 42.1 Å². The first-order valence-electron chi connectivity index (χ1n) is 9.60. The molecule has 8 nitrogen and oxygen atoms in total. The first-order valence-corrected chi connectivity index (χ1v) is 12.0. The number of anilines is 1. The molecular weight excluding hydrogens is 420 g/mol. The van der Waals surface area contributed by atoms with Crippen molar-refractivity contribution in [1.82, 2.24) is 25.1 Å². The lowest BCUT2D eigenvalue weighted by molar-refractivity contribution is -0.118. The van der Waals surface area contributed by atoms with Crippen LogP contribution in [0.3, 0.4) is 0 Å². The summed E-state index contributed by atoms with van der Waals surface area (Å²) in [6.45, 7) is 2.27. The number of nitrogens with one attached hydrogen (secondary N) is 2. The number of rotatable bonds is 12. The highest BCUT2D eigenvalue weighted by molar-refractivity contribution is 7.99. The second kappa shape index (κ2) is 11.8. The molecule has 0 aliphatic rings. The summed E-state index contributed by atoms with van der Waals surface area (Å²) < 4.78 is 6.89. The van der Waals surface area contributed by atoms with Crippen molar-refractivity contribution in [1.29, 1.82) is 0 Å². The fraction of sp³-hybridized carbons (Fsp3) is 0.400. The van der Waals surface area contributed by atoms with E-state index in [1.54, 1.807) is 29.8 Å². The van der Waals surface area contributed by atoms with Crippen LogP contribution < -0.4 is 10.6 Å². The summed E-state index contributed by atoms with van der Waals surface area (Å²) >= 11 is 3.08. The van der Waals surface area contributed by atoms with Crippen LogP contribution in [0.1, 0.15) is 5.56 Å². The molecule has 160 valence electrons. The summed E-state index contributed by atoms with van der Waals surface area (Å²) in [5.74, 6) is 2.02. The molecule has 2 N–H and O–H groups in total. The van der Waals surface area contributed by atoms with Crippen molar-refractivity contribution in [3.63, 3.8) is 0 Å². The van der Waals surface area contributed by atoms with Gasteiger partial charge in [0.25, 0.3) is 0 Å². The predicted octanol–water partition coefficient (Wildman–Crippen LogP) is 2.66. The number of thioether (sulfide) groups is 2. The van der Waals surface area contributed by atoms with Gasteiger partial charge in [0.1, 0.15) is 5.82 Å². The molecule has 0 spiro atoms. The Hall–Kier alpha value is -2.30. The molecule has 30 heavy (non-hydrogen) atoms. The Morgan fingerprint density at radius 3 is 2.80 bits per heavy atom. The molecule has 2 aromatic heterocycles. The van der Waals surface area contributed by atoms with Gasteiger partial charge < -0.3 is 15.4 Å². The van der Waals surface area contributed by atoms with Gasteiger partial charge in [-0.25, -0.2) is 14.6 Å². The summed E-state index contributed by atoms with van der Waals surface area (Å²) in [4.78, 5) is 21.2. The van der Waals surface area contributed by atoms with E-state index in [4.69, 9.17) is 4.74 Å². The van der Waals surface area contributed by atoms with E-state index >= 15 is 0 Å². The lowest BCUT2D eigenvalue weighted by Crippen LogP contribution is -2.29. The molecule has 0 saturated carbocycles. The SMILES string of the molecule is COCCNc1nc(SC)nc2c1cnn2CCNC(=O)CSCc1ccccc1. The molecule has 3 aromatic rings. The number of nitrogens with zero attached hydrogens (tertiary/aromatic N) is 4. The summed E-state index contributed by atoms with van der Waals surface area (Å²) in [6, 6.07) is 10.1. The zero-order chi connectivity index (χ0) is 21.2. The second-order valence-corrected chi connectivity index (χ2v) is 8.17. The lowest BCUT2D eigenvalue weighted by Gasteiger charge is -2.09. The Morgan fingerprint density at radius 2 is 2.03 bits per heavy atom. The largest absolute Gasteiger partial charge is 0.383 e. The van der Waals surface area contributed by atoms with E-state index in [1.165, 1.54) is 17.3 Å². The van der Waals surface area contributed by atoms with Gasteiger partial charge >= 0.3 is 0 Å². The Bertz CT molecular complexity index is 951. The van der Waals surface area contributed by atoms with Crippen LogP contribution in [0, 0.1) is 0 Å². The standard InChI is InChI=1S/C20H26N6O2S2/c1-28-11-9-22-18-16-12-23-26(19(16)25-20(24-18)29-2)10-8-21-17(27)14-30-13-15-6-4-3-5-7-15/h3-7,12H,8-11,13-14H2,1-2H3,(H,21,27)(H,22,24,25). The van der Waals surface area contributed by atoms with E-state index in [0.717, 1.165) is 22.6 Å². The van der Waals surface area contributed by atoms with Gasteiger partial charge in [0.2, 0.25) is 5.91 Å². The minimum Gasteiger partial charge on any atom is -0.383 e. The number of carbonyl (C=O) groups is 1. The second-order valence-electron chi connectivity index (χ2n) is 6.41. The lowest BCUT2D eigenvalue weighted by atomic mass is 10.2. The van der Waals surface area contributed by atoms with Gasteiger partial charge in [-0.2, -0.15) is 5.10 Å². The number of amides is 1. The number of hydrogen-bond acceptors (Lipinski definition) is 8. The predicted molar refractivity (Wildman–Crippen MR) is 123 cm³/mol. The summed E-state index contributed by atoms with van der Waals surface area (Å²) in [5, 5.41) is 12.2. The number of aromatic nitrogens is 4. The molecule has 1 amide bonds. The van der Waals surface area contributed by atoms with Crippen molar-refractivity contribution < 1.29 is 9.53 Å². The van der Waals surface area contributed by atoms with Crippen LogP contribution in [-0.2, 0) is 21.8 Å². The Labute approximate surface area is 184 Å². The van der Waals surface area contributed by atoms with Gasteiger partial charge in [-0.1, -0.05) is 42.1 Å². The van der Waals surface area contributed by atoms with E-state index in [0.29, 0.717) is 37.2 Å². The molecule has 0 aliphatic carbocycles. The van der Waals surface area contributed by atoms with Crippen LogP contribution in [0.25, 0.3) is 11.0 Å². The molecule has 0 aliphatic heterocycles. The first kappa shape index (κ1) is 22.4. The van der Waals surface area contributed by atoms with Crippen LogP contribution in [0.5, 0.6) is 0 Å². The highest BCUT2D eigenvalue weighted by Crippen LogP contribution is 2.23. The molecule has 10 heteroatoms. The van der Waals surface area contributed by atoms with Gasteiger partial charge in [0.05, 0.1) is 30.5 Å². The molecule has 0 bridgehead atoms. The molecule has 0 saturated heterocycles. The highest BCUT2D eigenvalue weighted by atomic mass is 32.2. The maximum absolute atomic E-state index is 12.1. The van der Waals surface area contributed by atoms with Crippen molar-refractivity contribution in [2.45, 2.75) is 17.5 Å². The van der Waals surface area contributed by atoms with Gasteiger partial charge in [0, 0.05) is 26.0 Å².